The molecule has 4 rings (SSSR count). The van der Waals surface area contributed by atoms with Crippen LogP contribution in [0, 0.1) is 29.6 Å². The smallest absolute Gasteiger partial charge is 0.400 e. The van der Waals surface area contributed by atoms with E-state index in [1.165, 1.54) is 0 Å². The van der Waals surface area contributed by atoms with Gasteiger partial charge in [0.25, 0.3) is 11.2 Å². The van der Waals surface area contributed by atoms with Gasteiger partial charge >= 0.3 is 24.7 Å². The van der Waals surface area contributed by atoms with Crippen LogP contribution in [0.25, 0.3) is 0 Å². The van der Waals surface area contributed by atoms with E-state index >= 15 is 0 Å². The second kappa shape index (κ2) is 11.7. The first kappa shape index (κ1) is 34.8. The average Bonchev–Trinajstić information content (AvgIpc) is 3.60. The van der Waals surface area contributed by atoms with Crippen LogP contribution >= 0.6 is 0 Å². The van der Waals surface area contributed by atoms with E-state index in [1.807, 2.05) is 0 Å². The molecule has 3 fully saturated rings. The lowest BCUT2D eigenvalue weighted by Crippen LogP contribution is -2.62. The summed E-state index contributed by atoms with van der Waals surface area (Å²) in [6.45, 7) is 0. The van der Waals surface area contributed by atoms with Crippen LogP contribution in [0.4, 0.5) is 52.7 Å². The van der Waals surface area contributed by atoms with Crippen LogP contribution in [0.1, 0.15) is 44.9 Å². The average molecular weight is 586 g/mol. The van der Waals surface area contributed by atoms with Gasteiger partial charge in [0.2, 0.25) is 0 Å². The van der Waals surface area contributed by atoms with Gasteiger partial charge in [-0.15, -0.1) is 0 Å². The monoisotopic (exact) mass is 586 g/mol. The van der Waals surface area contributed by atoms with Gasteiger partial charge in [-0.3, -0.25) is 0 Å². The minimum Gasteiger partial charge on any atom is -0.400 e. The highest BCUT2D eigenvalue weighted by Crippen LogP contribution is 2.60. The van der Waals surface area contributed by atoms with Crippen molar-refractivity contribution in [1.82, 2.24) is 0 Å². The van der Waals surface area contributed by atoms with Gasteiger partial charge in [0, 0.05) is 20.1 Å². The zero-order valence-electron chi connectivity index (χ0n) is 20.2. The maximum absolute atomic E-state index is 12.6. The van der Waals surface area contributed by atoms with E-state index in [2.05, 4.69) is 0 Å². The van der Waals surface area contributed by atoms with Gasteiger partial charge < -0.3 is 20.4 Å². The van der Waals surface area contributed by atoms with Crippen LogP contribution in [-0.4, -0.2) is 70.6 Å². The maximum Gasteiger partial charge on any atom is 0.430 e. The van der Waals surface area contributed by atoms with Crippen LogP contribution in [0.3, 0.4) is 0 Å². The van der Waals surface area contributed by atoms with Crippen molar-refractivity contribution in [2.24, 2.45) is 29.6 Å². The molecule has 0 aromatic carbocycles. The minimum absolute atomic E-state index is 0.0961. The number of aliphatic hydroxyl groups excluding tert-OH is 2. The summed E-state index contributed by atoms with van der Waals surface area (Å²) in [6, 6.07) is 0. The van der Waals surface area contributed by atoms with E-state index in [4.69, 9.17) is 10.2 Å². The molecule has 16 heteroatoms. The molecule has 4 aliphatic carbocycles. The summed E-state index contributed by atoms with van der Waals surface area (Å²) in [5, 5.41) is 32.4. The van der Waals surface area contributed by atoms with E-state index in [1.54, 1.807) is 0 Å². The molecule has 0 spiro atoms. The van der Waals surface area contributed by atoms with Crippen molar-refractivity contribution in [3.8, 4) is 0 Å². The fourth-order valence-corrected chi connectivity index (χ4v) is 6.08. The Bertz CT molecular complexity index is 772. The van der Waals surface area contributed by atoms with Crippen LogP contribution in [0.2, 0.25) is 0 Å². The fourth-order valence-electron chi connectivity index (χ4n) is 6.08. The molecule has 0 aromatic heterocycles. The normalized spacial score (nSPS) is 29.0. The van der Waals surface area contributed by atoms with Crippen molar-refractivity contribution in [3.05, 3.63) is 11.6 Å². The lowest BCUT2D eigenvalue weighted by atomic mass is 9.75. The molecule has 0 heterocycles. The molecule has 0 aliphatic heterocycles. The molecular weight excluding hydrogens is 556 g/mol. The predicted molar refractivity (Wildman–Crippen MR) is 108 cm³/mol. The number of alkyl halides is 12. The summed E-state index contributed by atoms with van der Waals surface area (Å²) in [5.41, 5.74) is -10.1. The topological polar surface area (TPSA) is 80.9 Å². The van der Waals surface area contributed by atoms with Gasteiger partial charge in [0.15, 0.2) is 0 Å². The Labute approximate surface area is 210 Å². The Balaban J connectivity index is 0.000000336. The molecular formula is C22H30F12O4. The van der Waals surface area contributed by atoms with Crippen LogP contribution in [0.15, 0.2) is 11.6 Å². The molecule has 4 bridgehead atoms. The zero-order chi connectivity index (χ0) is 30.1. The number of allylic oxidation sites excluding steroid dienone is 1. The first-order chi connectivity index (χ1) is 17.1. The van der Waals surface area contributed by atoms with Crippen molar-refractivity contribution in [2.45, 2.75) is 80.9 Å². The summed E-state index contributed by atoms with van der Waals surface area (Å²) in [7, 11) is 2.00. The largest absolute Gasteiger partial charge is 0.430 e. The first-order valence-electron chi connectivity index (χ1n) is 11.5. The lowest BCUT2D eigenvalue weighted by molar-refractivity contribution is -0.388. The third kappa shape index (κ3) is 6.07. The SMILES string of the molecule is CO.CO.OC(C1=CC2CCC1C2)(C(F)(F)F)C(F)(F)F.OC(C1CC2CCC1C2)(C(F)(F)F)C(F)(F)F. The third-order valence-corrected chi connectivity index (χ3v) is 7.71. The van der Waals surface area contributed by atoms with E-state index < -0.39 is 59.2 Å². The second-order valence-corrected chi connectivity index (χ2v) is 9.64. The van der Waals surface area contributed by atoms with E-state index in [9.17, 15) is 62.9 Å². The Kier molecular flexibility index (Phi) is 10.7. The summed E-state index contributed by atoms with van der Waals surface area (Å²) >= 11 is 0. The molecule has 0 amide bonds. The Hall–Kier alpha value is -1.26. The highest BCUT2D eigenvalue weighted by atomic mass is 19.4. The quantitative estimate of drug-likeness (QED) is 0.248. The molecule has 4 nitrogen and oxygen atoms in total. The predicted octanol–water partition coefficient (Wildman–Crippen LogP) is 5.69. The molecule has 3 saturated carbocycles. The Morgan fingerprint density at radius 2 is 1.08 bits per heavy atom. The number of rotatable bonds is 2. The number of halogens is 12. The molecule has 5 atom stereocenters. The second-order valence-electron chi connectivity index (χ2n) is 9.64. The molecule has 38 heavy (non-hydrogen) atoms. The molecule has 0 radical (unpaired) electrons. The van der Waals surface area contributed by atoms with Crippen molar-refractivity contribution in [1.29, 1.82) is 0 Å². The van der Waals surface area contributed by atoms with Crippen molar-refractivity contribution in [3.63, 3.8) is 0 Å². The van der Waals surface area contributed by atoms with E-state index in [0.29, 0.717) is 25.7 Å². The number of hydrogen-bond donors (Lipinski definition) is 4. The van der Waals surface area contributed by atoms with Gasteiger partial charge in [0.05, 0.1) is 0 Å². The number of hydrogen-bond acceptors (Lipinski definition) is 4. The molecule has 0 aromatic rings. The molecule has 4 aliphatic rings. The lowest BCUT2D eigenvalue weighted by Gasteiger charge is -2.40. The van der Waals surface area contributed by atoms with Gasteiger partial charge in [-0.1, -0.05) is 12.5 Å². The maximum atomic E-state index is 12.6. The van der Waals surface area contributed by atoms with Gasteiger partial charge in [-0.25, -0.2) is 0 Å². The zero-order valence-corrected chi connectivity index (χ0v) is 20.2. The fraction of sp³-hybridized carbons (Fsp3) is 0.909. The summed E-state index contributed by atoms with van der Waals surface area (Å²) in [5.74, 6) is -3.55. The molecule has 5 unspecified atom stereocenters. The standard InChI is InChI=1S/C10H12F6O.C10H10F6O.2CH4O/c2*11-9(12,13)8(17,10(14,15)16)7-4-5-1-2-6(7)3-5;2*1-2/h5-7,17H,1-4H2;4-6,17H,1-3H2;2*2H,1H3. The summed E-state index contributed by atoms with van der Waals surface area (Å²) in [6.07, 6.45) is -19.5. The van der Waals surface area contributed by atoms with Crippen molar-refractivity contribution < 1.29 is 73.1 Å². The number of fused-ring (bicyclic) bond motifs is 4. The summed E-state index contributed by atoms with van der Waals surface area (Å²) in [4.78, 5) is 0. The Morgan fingerprint density at radius 3 is 1.34 bits per heavy atom. The highest BCUT2D eigenvalue weighted by molar-refractivity contribution is 5.32. The first-order valence-corrected chi connectivity index (χ1v) is 11.5. The van der Waals surface area contributed by atoms with Crippen molar-refractivity contribution >= 4 is 0 Å². The van der Waals surface area contributed by atoms with Gasteiger partial charge in [0.1, 0.15) is 0 Å². The van der Waals surface area contributed by atoms with Crippen LogP contribution in [0.5, 0.6) is 0 Å². The molecule has 226 valence electrons. The minimum atomic E-state index is -5.73. The van der Waals surface area contributed by atoms with Crippen LogP contribution < -0.4 is 0 Å². The van der Waals surface area contributed by atoms with Crippen LogP contribution in [-0.2, 0) is 0 Å². The summed E-state index contributed by atoms with van der Waals surface area (Å²) < 4.78 is 151. The Morgan fingerprint density at radius 1 is 0.605 bits per heavy atom. The number of aliphatic hydroxyl groups is 4. The highest BCUT2D eigenvalue weighted by Gasteiger charge is 2.76. The van der Waals surface area contributed by atoms with E-state index in [0.717, 1.165) is 20.3 Å². The third-order valence-electron chi connectivity index (χ3n) is 7.71. The van der Waals surface area contributed by atoms with Gasteiger partial charge in [-0.05, 0) is 67.8 Å². The van der Waals surface area contributed by atoms with Gasteiger partial charge in [-0.2, -0.15) is 52.7 Å². The van der Waals surface area contributed by atoms with Crippen molar-refractivity contribution in [2.75, 3.05) is 14.2 Å². The molecule has 4 N–H and O–H groups in total. The van der Waals surface area contributed by atoms with E-state index in [-0.39, 0.29) is 31.1 Å². The molecule has 0 saturated heterocycles.